The molecule has 3 atom stereocenters. The van der Waals surface area contributed by atoms with E-state index in [1.807, 2.05) is 72.1 Å². The van der Waals surface area contributed by atoms with Crippen LogP contribution in [0.1, 0.15) is 73.1 Å². The third-order valence-electron chi connectivity index (χ3n) is 8.96. The van der Waals surface area contributed by atoms with Gasteiger partial charge in [-0.25, -0.2) is 18.1 Å². The number of anilines is 1. The molecule has 7 nitrogen and oxygen atoms in total. The Hall–Kier alpha value is -3.75. The van der Waals surface area contributed by atoms with E-state index >= 15 is 0 Å². The van der Waals surface area contributed by atoms with Crippen molar-refractivity contribution in [3.8, 4) is 0 Å². The minimum Gasteiger partial charge on any atom is -0.337 e. The molecule has 1 saturated carbocycles. The Morgan fingerprint density at radius 2 is 1.81 bits per heavy atom. The second-order valence-corrected chi connectivity index (χ2v) is 14.1. The fourth-order valence-electron chi connectivity index (χ4n) is 6.24. The van der Waals surface area contributed by atoms with Crippen molar-refractivity contribution in [2.45, 2.75) is 68.8 Å². The van der Waals surface area contributed by atoms with Gasteiger partial charge in [0, 0.05) is 37.1 Å². The van der Waals surface area contributed by atoms with Crippen LogP contribution in [0.5, 0.6) is 0 Å². The second kappa shape index (κ2) is 10.8. The number of hydrogen-bond donors (Lipinski definition) is 1. The van der Waals surface area contributed by atoms with Crippen molar-refractivity contribution >= 4 is 21.6 Å². The molecule has 2 aliphatic rings. The molecule has 4 aromatic rings. The molecular weight excluding hydrogens is 544 g/mol. The third kappa shape index (κ3) is 5.53. The maximum Gasteiger partial charge on any atom is 0.241 e. The lowest BCUT2D eigenvalue weighted by Crippen LogP contribution is -2.37. The molecule has 6 rings (SSSR count). The molecule has 0 radical (unpaired) electrons. The monoisotopic (exact) mass is 582 g/mol. The Bertz CT molecular complexity index is 1710. The first kappa shape index (κ1) is 28.4. The fourth-order valence-corrected chi connectivity index (χ4v) is 7.49. The van der Waals surface area contributed by atoms with E-state index in [4.69, 9.17) is 0 Å². The van der Waals surface area contributed by atoms with Crippen LogP contribution in [0.15, 0.2) is 90.1 Å². The topological polar surface area (TPSA) is 84.3 Å². The highest BCUT2D eigenvalue weighted by Crippen LogP contribution is 2.49. The number of aryl methyl sites for hydroxylation is 2. The number of sulfonamides is 1. The summed E-state index contributed by atoms with van der Waals surface area (Å²) in [6.45, 7) is 6.66. The predicted octanol–water partition coefficient (Wildman–Crippen LogP) is 6.16. The van der Waals surface area contributed by atoms with Gasteiger partial charge in [-0.2, -0.15) is 0 Å². The van der Waals surface area contributed by atoms with Crippen molar-refractivity contribution in [3.63, 3.8) is 0 Å². The van der Waals surface area contributed by atoms with Gasteiger partial charge < -0.3 is 9.47 Å². The SMILES string of the molecule is Cc1ccc(S(=O)(=O)NC2CCC(C)(C)c3ccc(N(Cc4nccn4C)C(=O)C4CC4c4ccccc4)cc32)cc1. The number of benzene rings is 3. The molecular formula is C34H38N4O3S. The second-order valence-electron chi connectivity index (χ2n) is 12.4. The minimum absolute atomic E-state index is 0.0682. The van der Waals surface area contributed by atoms with Gasteiger partial charge in [-0.05, 0) is 78.5 Å². The van der Waals surface area contributed by atoms with Gasteiger partial charge in [0.2, 0.25) is 15.9 Å². The van der Waals surface area contributed by atoms with E-state index < -0.39 is 16.1 Å². The van der Waals surface area contributed by atoms with Crippen LogP contribution < -0.4 is 9.62 Å². The number of amides is 1. The zero-order valence-electron chi connectivity index (χ0n) is 24.6. The fraction of sp³-hybridized carbons (Fsp3) is 0.353. The molecule has 1 N–H and O–H groups in total. The summed E-state index contributed by atoms with van der Waals surface area (Å²) in [6, 6.07) is 22.8. The smallest absolute Gasteiger partial charge is 0.241 e. The molecule has 8 heteroatoms. The van der Waals surface area contributed by atoms with Gasteiger partial charge in [-0.1, -0.05) is 67.9 Å². The van der Waals surface area contributed by atoms with Crippen molar-refractivity contribution in [1.82, 2.24) is 14.3 Å². The summed E-state index contributed by atoms with van der Waals surface area (Å²) in [4.78, 5) is 20.7. The van der Waals surface area contributed by atoms with Gasteiger partial charge in [0.1, 0.15) is 5.82 Å². The Morgan fingerprint density at radius 3 is 2.50 bits per heavy atom. The van der Waals surface area contributed by atoms with Crippen LogP contribution in [-0.4, -0.2) is 23.9 Å². The Balaban J connectivity index is 1.36. The quantitative estimate of drug-likeness (QED) is 0.270. The number of carbonyl (C=O) groups excluding carboxylic acids is 1. The van der Waals surface area contributed by atoms with E-state index in [2.05, 4.69) is 41.8 Å². The summed E-state index contributed by atoms with van der Waals surface area (Å²) < 4.78 is 31.8. The van der Waals surface area contributed by atoms with Crippen LogP contribution in [0, 0.1) is 12.8 Å². The maximum absolute atomic E-state index is 14.1. The summed E-state index contributed by atoms with van der Waals surface area (Å²) in [5.74, 6) is 0.956. The van der Waals surface area contributed by atoms with E-state index in [-0.39, 0.29) is 28.1 Å². The highest BCUT2D eigenvalue weighted by atomic mass is 32.2. The average molecular weight is 583 g/mol. The number of carbonyl (C=O) groups is 1. The molecule has 0 spiro atoms. The molecule has 2 aliphatic carbocycles. The molecule has 218 valence electrons. The molecule has 1 amide bonds. The Kier molecular flexibility index (Phi) is 7.31. The summed E-state index contributed by atoms with van der Waals surface area (Å²) >= 11 is 0. The molecule has 1 heterocycles. The van der Waals surface area contributed by atoms with Crippen molar-refractivity contribution < 1.29 is 13.2 Å². The third-order valence-corrected chi connectivity index (χ3v) is 10.4. The molecule has 1 aromatic heterocycles. The van der Waals surface area contributed by atoms with E-state index in [0.29, 0.717) is 13.0 Å². The molecule has 0 aliphatic heterocycles. The number of rotatable bonds is 8. The molecule has 3 unspecified atom stereocenters. The number of imidazole rings is 1. The van der Waals surface area contributed by atoms with Crippen LogP contribution in [0.4, 0.5) is 5.69 Å². The first-order valence-electron chi connectivity index (χ1n) is 14.6. The summed E-state index contributed by atoms with van der Waals surface area (Å²) in [5.41, 5.74) is 4.86. The summed E-state index contributed by atoms with van der Waals surface area (Å²) in [7, 11) is -1.81. The van der Waals surface area contributed by atoms with Gasteiger partial charge in [-0.3, -0.25) is 4.79 Å². The lowest BCUT2D eigenvalue weighted by Gasteiger charge is -2.38. The number of fused-ring (bicyclic) bond motifs is 1. The van der Waals surface area contributed by atoms with E-state index in [1.165, 1.54) is 5.56 Å². The molecule has 1 fully saturated rings. The number of nitrogens with zero attached hydrogens (tertiary/aromatic N) is 3. The van der Waals surface area contributed by atoms with Gasteiger partial charge >= 0.3 is 0 Å². The first-order chi connectivity index (χ1) is 20.0. The van der Waals surface area contributed by atoms with Crippen molar-refractivity contribution in [3.05, 3.63) is 113 Å². The molecule has 0 bridgehead atoms. The van der Waals surface area contributed by atoms with Gasteiger partial charge in [0.25, 0.3) is 0 Å². The number of nitrogens with one attached hydrogen (secondary N) is 1. The Morgan fingerprint density at radius 1 is 1.07 bits per heavy atom. The lowest BCUT2D eigenvalue weighted by molar-refractivity contribution is -0.120. The van der Waals surface area contributed by atoms with Crippen molar-refractivity contribution in [2.75, 3.05) is 4.90 Å². The highest BCUT2D eigenvalue weighted by Gasteiger charge is 2.46. The lowest BCUT2D eigenvalue weighted by atomic mass is 9.71. The number of hydrogen-bond acceptors (Lipinski definition) is 4. The van der Waals surface area contributed by atoms with Crippen molar-refractivity contribution in [2.24, 2.45) is 13.0 Å². The largest absolute Gasteiger partial charge is 0.337 e. The van der Waals surface area contributed by atoms with E-state index in [0.717, 1.165) is 41.0 Å². The van der Waals surface area contributed by atoms with Crippen LogP contribution in [0.25, 0.3) is 0 Å². The first-order valence-corrected chi connectivity index (χ1v) is 16.1. The van der Waals surface area contributed by atoms with Crippen LogP contribution in [0.2, 0.25) is 0 Å². The summed E-state index contributed by atoms with van der Waals surface area (Å²) in [6.07, 6.45) is 5.95. The van der Waals surface area contributed by atoms with Crippen molar-refractivity contribution in [1.29, 1.82) is 0 Å². The predicted molar refractivity (Wildman–Crippen MR) is 165 cm³/mol. The molecule has 0 saturated heterocycles. The summed E-state index contributed by atoms with van der Waals surface area (Å²) in [5, 5.41) is 0. The number of aromatic nitrogens is 2. The van der Waals surface area contributed by atoms with Crippen LogP contribution >= 0.6 is 0 Å². The van der Waals surface area contributed by atoms with E-state index in [9.17, 15) is 13.2 Å². The maximum atomic E-state index is 14.1. The highest BCUT2D eigenvalue weighted by molar-refractivity contribution is 7.89. The standard InChI is InChI=1S/C34H38N4O3S/c1-23-10-13-26(14-11-23)42(40,41)36-31-16-17-34(2,3)30-15-12-25(20-29(30)31)38(22-32-35-18-19-37(32)4)33(39)28-21-27(28)24-8-6-5-7-9-24/h5-15,18-20,27-28,31,36H,16-17,21-22H2,1-4H3. The van der Waals surface area contributed by atoms with E-state index in [1.54, 1.807) is 18.3 Å². The van der Waals surface area contributed by atoms with Gasteiger partial charge in [-0.15, -0.1) is 0 Å². The molecule has 42 heavy (non-hydrogen) atoms. The van der Waals surface area contributed by atoms with Gasteiger partial charge in [0.05, 0.1) is 11.4 Å². The zero-order valence-corrected chi connectivity index (χ0v) is 25.4. The average Bonchev–Trinajstić information content (AvgIpc) is 3.68. The minimum atomic E-state index is -3.74. The Labute approximate surface area is 248 Å². The van der Waals surface area contributed by atoms with Crippen LogP contribution in [-0.2, 0) is 33.8 Å². The van der Waals surface area contributed by atoms with Crippen LogP contribution in [0.3, 0.4) is 0 Å². The normalized spacial score (nSPS) is 21.0. The zero-order chi connectivity index (χ0) is 29.6. The molecule has 3 aromatic carbocycles. The van der Waals surface area contributed by atoms with Gasteiger partial charge in [0.15, 0.2) is 0 Å².